The van der Waals surface area contributed by atoms with E-state index in [0.29, 0.717) is 24.7 Å². The van der Waals surface area contributed by atoms with Crippen LogP contribution in [0.25, 0.3) is 0 Å². The molecule has 2 aliphatic rings. The molecule has 8 heteroatoms. The predicted octanol–water partition coefficient (Wildman–Crippen LogP) is 2.62. The number of nitro benzene ring substituents is 1. The van der Waals surface area contributed by atoms with Crippen molar-refractivity contribution < 1.29 is 13.3 Å². The quantitative estimate of drug-likeness (QED) is 0.614. The van der Waals surface area contributed by atoms with Gasteiger partial charge in [0.15, 0.2) is 0 Å². The highest BCUT2D eigenvalue weighted by molar-refractivity contribution is 7.89. The summed E-state index contributed by atoms with van der Waals surface area (Å²) in [5.74, 6) is 0.478. The van der Waals surface area contributed by atoms with E-state index in [4.69, 9.17) is 0 Å². The number of anilines is 1. The van der Waals surface area contributed by atoms with Gasteiger partial charge in [0, 0.05) is 32.2 Å². The van der Waals surface area contributed by atoms with Crippen molar-refractivity contribution in [2.24, 2.45) is 5.92 Å². The molecule has 0 radical (unpaired) electrons. The molecule has 0 bridgehead atoms. The SMILES string of the molecule is CC1CCCN(c2ccc(S(=O)(=O)N3CCCC3)cc2[N+](=O)[O-])C1. The number of nitrogens with zero attached hydrogens (tertiary/aromatic N) is 3. The Morgan fingerprint density at radius 3 is 2.50 bits per heavy atom. The summed E-state index contributed by atoms with van der Waals surface area (Å²) in [4.78, 5) is 13.1. The summed E-state index contributed by atoms with van der Waals surface area (Å²) >= 11 is 0. The van der Waals surface area contributed by atoms with Gasteiger partial charge in [-0.2, -0.15) is 4.31 Å². The van der Waals surface area contributed by atoms with Gasteiger partial charge in [0.25, 0.3) is 5.69 Å². The van der Waals surface area contributed by atoms with Gasteiger partial charge in [0.1, 0.15) is 5.69 Å². The van der Waals surface area contributed by atoms with Crippen LogP contribution in [-0.4, -0.2) is 43.8 Å². The monoisotopic (exact) mass is 353 g/mol. The number of nitro groups is 1. The minimum absolute atomic E-state index is 0.0184. The number of hydrogen-bond acceptors (Lipinski definition) is 5. The Labute approximate surface area is 142 Å². The highest BCUT2D eigenvalue weighted by atomic mass is 32.2. The van der Waals surface area contributed by atoms with Crippen molar-refractivity contribution in [3.8, 4) is 0 Å². The lowest BCUT2D eigenvalue weighted by Crippen LogP contribution is -2.34. The molecule has 2 heterocycles. The molecule has 0 aliphatic carbocycles. The Morgan fingerprint density at radius 1 is 1.17 bits per heavy atom. The molecule has 0 N–H and O–H groups in total. The fourth-order valence-corrected chi connectivity index (χ4v) is 5.10. The summed E-state index contributed by atoms with van der Waals surface area (Å²) in [5, 5.41) is 11.5. The summed E-state index contributed by atoms with van der Waals surface area (Å²) in [6, 6.07) is 4.33. The van der Waals surface area contributed by atoms with E-state index < -0.39 is 14.9 Å². The van der Waals surface area contributed by atoms with Crippen LogP contribution in [0.3, 0.4) is 0 Å². The van der Waals surface area contributed by atoms with Gasteiger partial charge in [-0.25, -0.2) is 8.42 Å². The maximum absolute atomic E-state index is 12.6. The van der Waals surface area contributed by atoms with Gasteiger partial charge in [0.2, 0.25) is 10.0 Å². The van der Waals surface area contributed by atoms with Crippen molar-refractivity contribution in [2.75, 3.05) is 31.1 Å². The molecule has 7 nitrogen and oxygen atoms in total. The average molecular weight is 353 g/mol. The Kier molecular flexibility index (Phi) is 4.78. The van der Waals surface area contributed by atoms with Crippen molar-refractivity contribution >= 4 is 21.4 Å². The van der Waals surface area contributed by atoms with Gasteiger partial charge >= 0.3 is 0 Å². The van der Waals surface area contributed by atoms with E-state index in [1.807, 2.05) is 4.90 Å². The average Bonchev–Trinajstić information content (AvgIpc) is 3.09. The van der Waals surface area contributed by atoms with E-state index in [2.05, 4.69) is 6.92 Å². The third-order valence-electron chi connectivity index (χ3n) is 4.84. The van der Waals surface area contributed by atoms with Crippen LogP contribution < -0.4 is 4.90 Å². The molecule has 0 aromatic heterocycles. The minimum atomic E-state index is -3.64. The standard InChI is InChI=1S/C16H23N3O4S/c1-13-5-4-8-17(12-13)15-7-6-14(11-16(15)19(20)21)24(22,23)18-9-2-3-10-18/h6-7,11,13H,2-5,8-10,12H2,1H3. The van der Waals surface area contributed by atoms with Crippen LogP contribution in [0.5, 0.6) is 0 Å². The third-order valence-corrected chi connectivity index (χ3v) is 6.74. The normalized spacial score (nSPS) is 22.7. The number of piperidine rings is 1. The minimum Gasteiger partial charge on any atom is -0.366 e. The van der Waals surface area contributed by atoms with Crippen molar-refractivity contribution in [1.29, 1.82) is 0 Å². The molecular weight excluding hydrogens is 330 g/mol. The molecule has 3 rings (SSSR count). The molecule has 0 saturated carbocycles. The molecule has 1 aromatic carbocycles. The highest BCUT2D eigenvalue weighted by Gasteiger charge is 2.31. The zero-order valence-electron chi connectivity index (χ0n) is 13.8. The van der Waals surface area contributed by atoms with Gasteiger partial charge < -0.3 is 4.90 Å². The first-order chi connectivity index (χ1) is 11.4. The zero-order valence-corrected chi connectivity index (χ0v) is 14.7. The first-order valence-electron chi connectivity index (χ1n) is 8.43. The number of hydrogen-bond donors (Lipinski definition) is 0. The van der Waals surface area contributed by atoms with Crippen LogP contribution in [0.4, 0.5) is 11.4 Å². The van der Waals surface area contributed by atoms with Crippen LogP contribution >= 0.6 is 0 Å². The van der Waals surface area contributed by atoms with Crippen LogP contribution in [0.2, 0.25) is 0 Å². The summed E-state index contributed by atoms with van der Waals surface area (Å²) in [6.45, 7) is 4.63. The molecule has 2 aliphatic heterocycles. The van der Waals surface area contributed by atoms with E-state index >= 15 is 0 Å². The van der Waals surface area contributed by atoms with Gasteiger partial charge in [-0.1, -0.05) is 6.92 Å². The van der Waals surface area contributed by atoms with E-state index in [-0.39, 0.29) is 10.6 Å². The highest BCUT2D eigenvalue weighted by Crippen LogP contribution is 2.34. The summed E-state index contributed by atoms with van der Waals surface area (Å²) in [6.07, 6.45) is 3.79. The van der Waals surface area contributed by atoms with Crippen LogP contribution in [0, 0.1) is 16.0 Å². The summed E-state index contributed by atoms with van der Waals surface area (Å²) in [7, 11) is -3.64. The third kappa shape index (κ3) is 3.25. The van der Waals surface area contributed by atoms with Crippen molar-refractivity contribution in [2.45, 2.75) is 37.5 Å². The molecule has 1 unspecified atom stereocenters. The lowest BCUT2D eigenvalue weighted by molar-refractivity contribution is -0.384. The maximum atomic E-state index is 12.6. The maximum Gasteiger partial charge on any atom is 0.293 e. The van der Waals surface area contributed by atoms with Gasteiger partial charge in [0.05, 0.1) is 9.82 Å². The fourth-order valence-electron chi connectivity index (χ4n) is 3.56. The van der Waals surface area contributed by atoms with Gasteiger partial charge in [-0.05, 0) is 43.7 Å². The van der Waals surface area contributed by atoms with Crippen LogP contribution in [0.15, 0.2) is 23.1 Å². The molecule has 2 saturated heterocycles. The van der Waals surface area contributed by atoms with Gasteiger partial charge in [-0.3, -0.25) is 10.1 Å². The summed E-state index contributed by atoms with van der Waals surface area (Å²) in [5.41, 5.74) is 0.399. The molecule has 0 amide bonds. The topological polar surface area (TPSA) is 83.8 Å². The number of benzene rings is 1. The Morgan fingerprint density at radius 2 is 1.88 bits per heavy atom. The molecule has 24 heavy (non-hydrogen) atoms. The van der Waals surface area contributed by atoms with Crippen LogP contribution in [-0.2, 0) is 10.0 Å². The van der Waals surface area contributed by atoms with E-state index in [1.54, 1.807) is 6.07 Å². The predicted molar refractivity (Wildman–Crippen MR) is 91.7 cm³/mol. The van der Waals surface area contributed by atoms with Crippen LogP contribution in [0.1, 0.15) is 32.6 Å². The number of rotatable bonds is 4. The lowest BCUT2D eigenvalue weighted by atomic mass is 9.99. The second-order valence-corrected chi connectivity index (χ2v) is 8.65. The van der Waals surface area contributed by atoms with E-state index in [0.717, 1.165) is 38.8 Å². The first-order valence-corrected chi connectivity index (χ1v) is 9.87. The zero-order chi connectivity index (χ0) is 17.3. The molecule has 0 spiro atoms. The molecule has 132 valence electrons. The molecule has 2 fully saturated rings. The second kappa shape index (κ2) is 6.68. The van der Waals surface area contributed by atoms with E-state index in [9.17, 15) is 18.5 Å². The molecular formula is C16H23N3O4S. The Hall–Kier alpha value is -1.67. The van der Waals surface area contributed by atoms with Crippen molar-refractivity contribution in [3.63, 3.8) is 0 Å². The smallest absolute Gasteiger partial charge is 0.293 e. The molecule has 1 atom stereocenters. The first kappa shape index (κ1) is 17.2. The number of sulfonamides is 1. The van der Waals surface area contributed by atoms with Crippen molar-refractivity contribution in [1.82, 2.24) is 4.31 Å². The lowest BCUT2D eigenvalue weighted by Gasteiger charge is -2.32. The van der Waals surface area contributed by atoms with E-state index in [1.165, 1.54) is 16.4 Å². The summed E-state index contributed by atoms with van der Waals surface area (Å²) < 4.78 is 26.7. The van der Waals surface area contributed by atoms with Gasteiger partial charge in [-0.15, -0.1) is 0 Å². The van der Waals surface area contributed by atoms with Crippen molar-refractivity contribution in [3.05, 3.63) is 28.3 Å². The Bertz CT molecular complexity index is 729. The largest absolute Gasteiger partial charge is 0.366 e. The Balaban J connectivity index is 1.97. The second-order valence-electron chi connectivity index (χ2n) is 6.71. The molecule has 1 aromatic rings. The fraction of sp³-hybridized carbons (Fsp3) is 0.625.